The number of halogens is 2. The molecule has 4 saturated heterocycles. The van der Waals surface area contributed by atoms with E-state index in [0.717, 1.165) is 68.5 Å². The molecule has 5 aliphatic rings. The van der Waals surface area contributed by atoms with Gasteiger partial charge in [-0.1, -0.05) is 12.1 Å². The molecule has 0 radical (unpaired) electrons. The summed E-state index contributed by atoms with van der Waals surface area (Å²) in [5, 5.41) is 19.2. The van der Waals surface area contributed by atoms with Gasteiger partial charge in [-0.2, -0.15) is 15.3 Å². The number of anilines is 2. The molecular weight excluding hydrogens is 740 g/mol. The third-order valence-corrected chi connectivity index (χ3v) is 12.5. The number of para-hydroxylation sites is 1. The van der Waals surface area contributed by atoms with Gasteiger partial charge in [0.05, 0.1) is 54.9 Å². The number of aryl methyl sites for hydroxylation is 1. The number of amides is 3. The number of carbonyl (C=O) groups excluding carboxylic acids is 3. The van der Waals surface area contributed by atoms with Crippen molar-refractivity contribution in [1.82, 2.24) is 44.4 Å². The second kappa shape index (κ2) is 14.2. The van der Waals surface area contributed by atoms with Crippen molar-refractivity contribution in [3.63, 3.8) is 0 Å². The van der Waals surface area contributed by atoms with Crippen LogP contribution < -0.4 is 20.3 Å². The van der Waals surface area contributed by atoms with E-state index in [-0.39, 0.29) is 47.7 Å². The molecule has 5 fully saturated rings. The van der Waals surface area contributed by atoms with Crippen molar-refractivity contribution in [2.45, 2.75) is 81.5 Å². The number of morpholine rings is 1. The van der Waals surface area contributed by atoms with Gasteiger partial charge >= 0.3 is 0 Å². The molecule has 298 valence electrons. The first-order valence-corrected chi connectivity index (χ1v) is 19.7. The van der Waals surface area contributed by atoms with Gasteiger partial charge in [-0.15, -0.1) is 0 Å². The zero-order valence-electron chi connectivity index (χ0n) is 31.4. The summed E-state index contributed by atoms with van der Waals surface area (Å²) < 4.78 is 45.4. The van der Waals surface area contributed by atoms with Crippen LogP contribution in [0.25, 0.3) is 16.6 Å². The fourth-order valence-electron chi connectivity index (χ4n) is 9.46. The lowest BCUT2D eigenvalue weighted by molar-refractivity contribution is -0.134. The molecule has 2 bridgehead atoms. The minimum Gasteiger partial charge on any atom is -0.491 e. The molecule has 1 aliphatic carbocycles. The van der Waals surface area contributed by atoms with Gasteiger partial charge in [-0.25, -0.2) is 18.3 Å². The monoisotopic (exact) mass is 783 g/mol. The van der Waals surface area contributed by atoms with Crippen LogP contribution in [0.1, 0.15) is 85.1 Å². The van der Waals surface area contributed by atoms with E-state index in [1.54, 1.807) is 15.6 Å². The first-order chi connectivity index (χ1) is 27.7. The number of piperidine rings is 1. The predicted molar refractivity (Wildman–Crippen MR) is 201 cm³/mol. The van der Waals surface area contributed by atoms with E-state index < -0.39 is 23.9 Å². The number of alkyl halides is 2. The predicted octanol–water partition coefficient (Wildman–Crippen LogP) is 3.99. The van der Waals surface area contributed by atoms with E-state index in [4.69, 9.17) is 14.5 Å². The van der Waals surface area contributed by atoms with E-state index in [9.17, 15) is 23.2 Å². The molecule has 0 spiro atoms. The van der Waals surface area contributed by atoms with Crippen LogP contribution in [-0.2, 0) is 21.4 Å². The molecule has 10 rings (SSSR count). The number of aromatic nitrogens is 7. The number of rotatable bonds is 10. The molecule has 2 N–H and O–H groups in total. The summed E-state index contributed by atoms with van der Waals surface area (Å²) in [6, 6.07) is 8.19. The summed E-state index contributed by atoms with van der Waals surface area (Å²) in [6.45, 7) is 3.73. The molecule has 5 aromatic rings. The number of nitrogens with zero attached hydrogens (tertiary/aromatic N) is 9. The van der Waals surface area contributed by atoms with Crippen molar-refractivity contribution in [1.29, 1.82) is 0 Å². The normalized spacial score (nSPS) is 25.5. The number of ether oxygens (including phenoxy) is 2. The number of fused-ring (bicyclic) bond motifs is 4. The lowest BCUT2D eigenvalue weighted by Crippen LogP contribution is -2.54. The topological polar surface area (TPSA) is 166 Å². The summed E-state index contributed by atoms with van der Waals surface area (Å²) in [4.78, 5) is 47.2. The average Bonchev–Trinajstić information content (AvgIpc) is 4.04. The summed E-state index contributed by atoms with van der Waals surface area (Å²) in [5.41, 5.74) is 1.56. The van der Waals surface area contributed by atoms with Gasteiger partial charge in [-0.3, -0.25) is 34.0 Å². The summed E-state index contributed by atoms with van der Waals surface area (Å²) >= 11 is 0. The van der Waals surface area contributed by atoms with Gasteiger partial charge in [0.1, 0.15) is 22.6 Å². The fraction of sp³-hybridized carbons (Fsp3) is 0.513. The second-order valence-corrected chi connectivity index (χ2v) is 16.0. The molecule has 18 heteroatoms. The molecule has 3 atom stereocenters. The smallest absolute Gasteiger partial charge is 0.284 e. The highest BCUT2D eigenvalue weighted by Crippen LogP contribution is 2.38. The summed E-state index contributed by atoms with van der Waals surface area (Å²) in [6.07, 6.45) is 7.04. The SMILES string of the molecule is Cn1nc(C2CCC(=O)NC2=O)c2cccc(OCC3CN(C4CCC(n5cc(NC(=O)c6cnn7ccc(N8C[C@H]9C[C@@H]8CO9)nc67)c(C(F)F)n5)CC4)C3)c21. The highest BCUT2D eigenvalue weighted by molar-refractivity contribution is 6.08. The Kier molecular flexibility index (Phi) is 8.92. The van der Waals surface area contributed by atoms with E-state index in [0.29, 0.717) is 48.7 Å². The van der Waals surface area contributed by atoms with Crippen LogP contribution in [0.5, 0.6) is 5.75 Å². The number of hydrogen-bond acceptors (Lipinski definition) is 11. The number of nitrogens with one attached hydrogen (secondary N) is 2. The molecule has 1 unspecified atom stereocenters. The zero-order valence-corrected chi connectivity index (χ0v) is 31.4. The van der Waals surface area contributed by atoms with Crippen molar-refractivity contribution in [2.75, 3.05) is 43.1 Å². The number of hydrogen-bond donors (Lipinski definition) is 2. The minimum atomic E-state index is -2.86. The van der Waals surface area contributed by atoms with Gasteiger partial charge in [0.2, 0.25) is 11.8 Å². The Balaban J connectivity index is 0.742. The van der Waals surface area contributed by atoms with Crippen LogP contribution in [0.4, 0.5) is 20.3 Å². The Morgan fingerprint density at radius 2 is 1.88 bits per heavy atom. The Morgan fingerprint density at radius 1 is 1.05 bits per heavy atom. The molecule has 1 saturated carbocycles. The number of imide groups is 1. The maximum absolute atomic E-state index is 14.3. The Bertz CT molecular complexity index is 2380. The molecule has 57 heavy (non-hydrogen) atoms. The lowest BCUT2D eigenvalue weighted by Gasteiger charge is -2.46. The molecule has 16 nitrogen and oxygen atoms in total. The van der Waals surface area contributed by atoms with Gasteiger partial charge in [0.15, 0.2) is 11.3 Å². The van der Waals surface area contributed by atoms with Crippen molar-refractivity contribution in [3.8, 4) is 5.75 Å². The van der Waals surface area contributed by atoms with Crippen LogP contribution >= 0.6 is 0 Å². The van der Waals surface area contributed by atoms with E-state index in [2.05, 4.69) is 35.7 Å². The third-order valence-electron chi connectivity index (χ3n) is 12.5. The second-order valence-electron chi connectivity index (χ2n) is 16.0. The van der Waals surface area contributed by atoms with Crippen LogP contribution in [0.2, 0.25) is 0 Å². The molecule has 8 heterocycles. The Labute approximate surface area is 325 Å². The van der Waals surface area contributed by atoms with Crippen molar-refractivity contribution in [2.24, 2.45) is 13.0 Å². The number of carbonyl (C=O) groups is 3. The molecule has 4 aromatic heterocycles. The zero-order chi connectivity index (χ0) is 38.9. The highest BCUT2D eigenvalue weighted by Gasteiger charge is 2.40. The van der Waals surface area contributed by atoms with E-state index >= 15 is 0 Å². The van der Waals surface area contributed by atoms with Crippen molar-refractivity contribution in [3.05, 3.63) is 59.8 Å². The molecule has 4 aliphatic heterocycles. The van der Waals surface area contributed by atoms with E-state index in [1.165, 1.54) is 16.9 Å². The maximum Gasteiger partial charge on any atom is 0.284 e. The van der Waals surface area contributed by atoms with Crippen molar-refractivity contribution < 1.29 is 32.6 Å². The first kappa shape index (κ1) is 35.9. The number of likely N-dealkylation sites (tertiary alicyclic amines) is 1. The fourth-order valence-corrected chi connectivity index (χ4v) is 9.46. The van der Waals surface area contributed by atoms with Gasteiger partial charge < -0.3 is 19.7 Å². The average molecular weight is 784 g/mol. The van der Waals surface area contributed by atoms with Gasteiger partial charge in [-0.05, 0) is 50.7 Å². The van der Waals surface area contributed by atoms with Crippen LogP contribution in [0.3, 0.4) is 0 Å². The quantitative estimate of drug-likeness (QED) is 0.197. The molecule has 3 amide bonds. The summed E-state index contributed by atoms with van der Waals surface area (Å²) in [7, 11) is 1.84. The molecular formula is C39H43F2N11O5. The van der Waals surface area contributed by atoms with E-state index in [1.807, 2.05) is 31.3 Å². The van der Waals surface area contributed by atoms with Gasteiger partial charge in [0.25, 0.3) is 12.3 Å². The number of benzene rings is 1. The largest absolute Gasteiger partial charge is 0.491 e. The van der Waals surface area contributed by atoms with Crippen LogP contribution in [0, 0.1) is 5.92 Å². The first-order valence-electron chi connectivity index (χ1n) is 19.7. The lowest BCUT2D eigenvalue weighted by atomic mass is 9.87. The minimum absolute atomic E-state index is 0.0128. The maximum atomic E-state index is 14.3. The Morgan fingerprint density at radius 3 is 2.63 bits per heavy atom. The van der Waals surface area contributed by atoms with Crippen LogP contribution in [0.15, 0.2) is 42.9 Å². The van der Waals surface area contributed by atoms with Gasteiger partial charge in [0, 0.05) is 62.8 Å². The van der Waals surface area contributed by atoms with Crippen molar-refractivity contribution >= 4 is 45.8 Å². The Hall–Kier alpha value is -5.49. The standard InChI is InChI=1S/C39H43F2N11O5/c1-48-35-26(33(46-48)27-9-10-32(53)45-38(27)54)3-2-4-30(35)57-19-21-15-49(16-21)22-5-7-23(8-6-22)52-18-29(34(47-52)36(40)41)43-39(55)28-14-42-51-12-11-31(44-37(28)51)50-17-25-13-24(50)20-56-25/h2-4,11-12,14,18,21-25,27,36H,5-10,13,15-17,19-20H2,1H3,(H,43,55)(H,45,53,54)/t22?,23?,24-,25-,27?/m1/s1. The summed E-state index contributed by atoms with van der Waals surface area (Å²) in [5.74, 6) is 0.171. The molecule has 1 aromatic carbocycles. The highest BCUT2D eigenvalue weighted by atomic mass is 19.3. The van der Waals surface area contributed by atoms with Crippen LogP contribution in [-0.4, -0.2) is 108 Å². The third kappa shape index (κ3) is 6.47.